The fourth-order valence-electron chi connectivity index (χ4n) is 6.96. The summed E-state index contributed by atoms with van der Waals surface area (Å²) in [5.74, 6) is -2.03. The molecule has 2 aromatic rings. The van der Waals surface area contributed by atoms with Gasteiger partial charge in [-0.25, -0.2) is 19.4 Å². The summed E-state index contributed by atoms with van der Waals surface area (Å²) < 4.78 is 27.4. The second-order valence-electron chi connectivity index (χ2n) is 14.4. The number of ether oxygens (including phenoxy) is 4. The van der Waals surface area contributed by atoms with Gasteiger partial charge < -0.3 is 38.3 Å². The van der Waals surface area contributed by atoms with Crippen LogP contribution in [0.5, 0.6) is 11.5 Å². The molecule has 2 aliphatic carbocycles. The number of likely N-dealkylation sites (tertiary alicyclic amines) is 1. The molecule has 1 aliphatic heterocycles. The predicted octanol–water partition coefficient (Wildman–Crippen LogP) is 4.68. The fourth-order valence-corrected chi connectivity index (χ4v) is 7.12. The number of alkyl carbamates (subject to hydrolysis) is 1. The summed E-state index contributed by atoms with van der Waals surface area (Å²) >= 11 is 2.72. The molecule has 1 saturated heterocycles. The highest BCUT2D eigenvalue weighted by molar-refractivity contribution is 9.06. The molecule has 1 aromatic heterocycles. The average Bonchev–Trinajstić information content (AvgIpc) is 3.36. The molecular weight excluding hydrogens is 728 g/mol. The van der Waals surface area contributed by atoms with E-state index in [0.717, 1.165) is 31.2 Å². The zero-order valence-corrected chi connectivity index (χ0v) is 31.3. The lowest BCUT2D eigenvalue weighted by Crippen LogP contribution is -2.59. The highest BCUT2D eigenvalue weighted by Gasteiger charge is 2.62. The van der Waals surface area contributed by atoms with Crippen LogP contribution in [0.2, 0.25) is 0 Å². The normalized spacial score (nSPS) is 23.6. The third-order valence-corrected chi connectivity index (χ3v) is 10.1. The first-order valence-corrected chi connectivity index (χ1v) is 17.6. The zero-order valence-electron chi connectivity index (χ0n) is 29.7. The Morgan fingerprint density at radius 2 is 1.78 bits per heavy atom. The van der Waals surface area contributed by atoms with Crippen molar-refractivity contribution < 1.29 is 46.7 Å². The van der Waals surface area contributed by atoms with Gasteiger partial charge in [-0.2, -0.15) is 0 Å². The first kappa shape index (κ1) is 37.8. The molecule has 0 unspecified atom stereocenters. The van der Waals surface area contributed by atoms with Crippen LogP contribution in [0, 0.1) is 18.3 Å². The van der Waals surface area contributed by atoms with E-state index in [0.29, 0.717) is 23.1 Å². The topological polar surface area (TPSA) is 172 Å². The molecule has 14 nitrogen and oxygen atoms in total. The number of hydrogen-bond acceptors (Lipinski definition) is 11. The number of amides is 3. The number of carbonyl (C=O) groups is 5. The first-order chi connectivity index (χ1) is 24.1. The van der Waals surface area contributed by atoms with Crippen molar-refractivity contribution in [1.29, 1.82) is 0 Å². The zero-order chi connectivity index (χ0) is 37.2. The van der Waals surface area contributed by atoms with E-state index in [-0.39, 0.29) is 36.4 Å². The van der Waals surface area contributed by atoms with Crippen LogP contribution in [-0.4, -0.2) is 90.3 Å². The van der Waals surface area contributed by atoms with Crippen LogP contribution in [-0.2, 0) is 27.7 Å². The van der Waals surface area contributed by atoms with E-state index < -0.39 is 59.0 Å². The maximum atomic E-state index is 14.5. The molecule has 2 N–H and O–H groups in total. The van der Waals surface area contributed by atoms with Crippen LogP contribution in [0.4, 0.5) is 4.79 Å². The summed E-state index contributed by atoms with van der Waals surface area (Å²) in [5.41, 5.74) is -0.971. The molecule has 0 bridgehead atoms. The van der Waals surface area contributed by atoms with Crippen molar-refractivity contribution in [3.8, 4) is 11.5 Å². The van der Waals surface area contributed by atoms with Crippen LogP contribution < -0.4 is 20.1 Å². The summed E-state index contributed by atoms with van der Waals surface area (Å²) in [4.78, 5) is 72.9. The number of pyridine rings is 1. The fraction of sp³-hybridized carbons (Fsp3) is 0.556. The number of hydrogen-bond donors (Lipinski definition) is 2. The number of halogens is 1. The third-order valence-electron chi connectivity index (χ3n) is 9.85. The molecule has 51 heavy (non-hydrogen) atoms. The minimum Gasteiger partial charge on any atom is -0.496 e. The van der Waals surface area contributed by atoms with E-state index in [1.54, 1.807) is 39.0 Å². The van der Waals surface area contributed by atoms with Crippen molar-refractivity contribution in [2.45, 2.75) is 96.1 Å². The number of fused-ring (bicyclic) bond motifs is 1. The molecule has 5 rings (SSSR count). The van der Waals surface area contributed by atoms with Crippen molar-refractivity contribution in [2.75, 3.05) is 20.8 Å². The Morgan fingerprint density at radius 1 is 1.08 bits per heavy atom. The van der Waals surface area contributed by atoms with Gasteiger partial charge in [0.2, 0.25) is 11.8 Å². The average molecular weight is 774 g/mol. The van der Waals surface area contributed by atoms with Crippen LogP contribution in [0.25, 0.3) is 10.9 Å². The number of carbonyl (C=O) groups excluding carboxylic acids is 5. The van der Waals surface area contributed by atoms with Gasteiger partial charge in [0.15, 0.2) is 22.0 Å². The van der Waals surface area contributed by atoms with E-state index >= 15 is 0 Å². The summed E-state index contributed by atoms with van der Waals surface area (Å²) in [7, 11) is 2.76. The van der Waals surface area contributed by atoms with Crippen molar-refractivity contribution in [3.05, 3.63) is 42.1 Å². The van der Waals surface area contributed by atoms with Crippen molar-refractivity contribution in [1.82, 2.24) is 20.5 Å². The lowest BCUT2D eigenvalue weighted by Gasteiger charge is -2.35. The molecular formula is C36H45BrN4O10. The predicted molar refractivity (Wildman–Crippen MR) is 188 cm³/mol. The van der Waals surface area contributed by atoms with Crippen molar-refractivity contribution >= 4 is 57.0 Å². The van der Waals surface area contributed by atoms with Gasteiger partial charge in [-0.1, -0.05) is 26.8 Å². The highest BCUT2D eigenvalue weighted by atomic mass is 79.9. The van der Waals surface area contributed by atoms with Gasteiger partial charge in [0.05, 0.1) is 26.3 Å². The Bertz CT molecular complexity index is 1720. The smallest absolute Gasteiger partial charge is 0.408 e. The molecule has 0 spiro atoms. The number of rotatable bonds is 11. The number of methoxy groups -OCH3 is 2. The Balaban J connectivity index is 1.49. The Hall–Kier alpha value is -4.40. The summed E-state index contributed by atoms with van der Waals surface area (Å²) in [5, 5.41) is 6.17. The summed E-state index contributed by atoms with van der Waals surface area (Å²) in [6.45, 7) is 11.0. The number of nitrogens with one attached hydrogen (secondary N) is 2. The van der Waals surface area contributed by atoms with Crippen LogP contribution in [0.3, 0.4) is 0 Å². The van der Waals surface area contributed by atoms with Gasteiger partial charge in [-0.05, 0) is 56.1 Å². The molecule has 5 atom stereocenters. The Morgan fingerprint density at radius 3 is 2.37 bits per heavy atom. The van der Waals surface area contributed by atoms with E-state index in [1.807, 2.05) is 6.92 Å². The number of benzene rings is 1. The Labute approximate surface area is 305 Å². The van der Waals surface area contributed by atoms with Gasteiger partial charge in [0, 0.05) is 29.9 Å². The lowest BCUT2D eigenvalue weighted by atomic mass is 9.85. The number of esters is 1. The maximum Gasteiger partial charge on any atom is 0.408 e. The van der Waals surface area contributed by atoms with Gasteiger partial charge in [0.1, 0.15) is 41.3 Å². The van der Waals surface area contributed by atoms with E-state index in [2.05, 4.69) is 38.5 Å². The van der Waals surface area contributed by atoms with Crippen LogP contribution >= 0.6 is 16.3 Å². The lowest BCUT2D eigenvalue weighted by molar-refractivity contribution is -0.148. The summed E-state index contributed by atoms with van der Waals surface area (Å²) in [6, 6.07) is 2.73. The Kier molecular flexibility index (Phi) is 11.2. The number of nitrogens with zero attached hydrogens (tertiary/aromatic N) is 2. The van der Waals surface area contributed by atoms with E-state index in [9.17, 15) is 24.0 Å². The molecule has 2 saturated carbocycles. The molecule has 3 aliphatic rings. The largest absolute Gasteiger partial charge is 0.496 e. The van der Waals surface area contributed by atoms with E-state index in [4.69, 9.17) is 22.8 Å². The molecule has 2 heterocycles. The van der Waals surface area contributed by atoms with Crippen LogP contribution in [0.1, 0.15) is 75.3 Å². The molecule has 15 heteroatoms. The molecule has 0 radical (unpaired) electrons. The molecule has 3 amide bonds. The van der Waals surface area contributed by atoms with E-state index in [1.165, 1.54) is 25.2 Å². The van der Waals surface area contributed by atoms with Gasteiger partial charge in [-0.15, -0.1) is 6.58 Å². The van der Waals surface area contributed by atoms with Crippen LogP contribution in [0.15, 0.2) is 30.9 Å². The molecule has 3 fully saturated rings. The number of aromatic nitrogens is 1. The standard InChI is InChI=1S/C36H45BrN4O10/c1-8-20-17-36(20,33(45)48-7)40-30(42)26-14-22(18-41(26)31(43)29(35(3,4)5)39-34(46)50-21-11-9-10-12-21)49-28-16-25(32(44)51-37)38-24-15-27(47-6)19(2)13-23(24)28/h8,13,15-16,20-22,26,29H,1,9-12,14,17-18H2,2-7H3,(H,39,46)(H,40,42)/t20-,22-,26+,29-,36-/m1/s1. The minimum absolute atomic E-state index is 0.0220. The minimum atomic E-state index is -1.31. The van der Waals surface area contributed by atoms with Gasteiger partial charge in [0.25, 0.3) is 0 Å². The second-order valence-corrected chi connectivity index (χ2v) is 14.8. The summed E-state index contributed by atoms with van der Waals surface area (Å²) in [6.07, 6.45) is 3.65. The monoisotopic (exact) mass is 772 g/mol. The quantitative estimate of drug-likeness (QED) is 0.240. The van der Waals surface area contributed by atoms with Crippen molar-refractivity contribution in [3.63, 3.8) is 0 Å². The maximum absolute atomic E-state index is 14.5. The van der Waals surface area contributed by atoms with Crippen molar-refractivity contribution in [2.24, 2.45) is 11.3 Å². The SMILES string of the molecule is C=C[C@@H]1C[C@]1(NC(=O)[C@@H]1C[C@@H](Oc2cc(C(=O)OBr)nc3cc(OC)c(C)cc23)CN1C(=O)[C@@H](NC(=O)OC1CCCC1)C(C)(C)C)C(=O)OC. The van der Waals surface area contributed by atoms with Gasteiger partial charge in [-0.3, -0.25) is 9.59 Å². The second kappa shape index (κ2) is 15.1. The molecule has 276 valence electrons. The third kappa shape index (κ3) is 7.92. The number of aryl methyl sites for hydroxylation is 1. The first-order valence-electron chi connectivity index (χ1n) is 16.9. The molecule has 1 aromatic carbocycles. The van der Waals surface area contributed by atoms with Gasteiger partial charge >= 0.3 is 18.0 Å². The highest BCUT2D eigenvalue weighted by Crippen LogP contribution is 2.46.